The van der Waals surface area contributed by atoms with E-state index in [0.29, 0.717) is 22.9 Å². The number of nitrogens with two attached hydrogens (primary N) is 5. The molecule has 1 atom stereocenters. The SMILES string of the molecule is CC(=O)OC(C)=O.Cc1ccc(F)c(CC(=O)Cc2ccc(-c3cccn4nnc(N)c34)cc2)c1.N#CC1C(Br)=CC=CN1N.N#Cc1ncccc1Br.NO.NOS(=O)(=O)O.Nc1nnn2cccc(Br)c12.[I-]. The van der Waals surface area contributed by atoms with Crippen LogP contribution in [-0.2, 0) is 46.6 Å². The Kier molecular flexibility index (Phi) is 29.3. The van der Waals surface area contributed by atoms with E-state index in [-0.39, 0.29) is 54.5 Å². The molecule has 1 aliphatic heterocycles. The third-order valence-corrected chi connectivity index (χ3v) is 10.8. The van der Waals surface area contributed by atoms with Crippen molar-refractivity contribution in [2.24, 2.45) is 17.6 Å². The zero-order valence-corrected chi connectivity index (χ0v) is 46.6. The Balaban J connectivity index is 0.000000494. The van der Waals surface area contributed by atoms with Crippen molar-refractivity contribution in [3.05, 3.63) is 157 Å². The van der Waals surface area contributed by atoms with Crippen molar-refractivity contribution in [3.63, 3.8) is 0 Å². The lowest BCUT2D eigenvalue weighted by Gasteiger charge is -2.21. The van der Waals surface area contributed by atoms with E-state index in [4.69, 9.17) is 37.6 Å². The molecule has 0 radical (unpaired) electrons. The van der Waals surface area contributed by atoms with Gasteiger partial charge in [-0.15, -0.1) is 10.2 Å². The lowest BCUT2D eigenvalue weighted by Crippen LogP contribution is -3.00. The molecule has 5 aromatic heterocycles. The fourth-order valence-corrected chi connectivity index (χ4v) is 7.00. The number of nitrogens with zero attached hydrogens (tertiary/aromatic N) is 10. The normalized spacial score (nSPS) is 11.8. The first kappa shape index (κ1) is 65.3. The van der Waals surface area contributed by atoms with Gasteiger partial charge in [0.2, 0.25) is 0 Å². The summed E-state index contributed by atoms with van der Waals surface area (Å²) in [4.78, 5) is 35.8. The van der Waals surface area contributed by atoms with Gasteiger partial charge in [-0.1, -0.05) is 74.4 Å². The van der Waals surface area contributed by atoms with Crippen LogP contribution in [0, 0.1) is 35.4 Å². The second-order valence-electron chi connectivity index (χ2n) is 13.9. The first-order valence-electron chi connectivity index (χ1n) is 20.1. The van der Waals surface area contributed by atoms with Crippen LogP contribution in [0.15, 0.2) is 129 Å². The maximum Gasteiger partial charge on any atom is 0.413 e. The number of halogens is 5. The number of hydrazine groups is 1. The Bertz CT molecular complexity index is 3230. The third-order valence-electron chi connectivity index (χ3n) is 8.61. The summed E-state index contributed by atoms with van der Waals surface area (Å²) in [5, 5.41) is 40.2. The summed E-state index contributed by atoms with van der Waals surface area (Å²) in [7, 11) is -4.38. The Morgan fingerprint density at radius 1 is 0.851 bits per heavy atom. The number of nitrogen functional groups attached to an aromatic ring is 2. The third kappa shape index (κ3) is 22.2. The van der Waals surface area contributed by atoms with Crippen LogP contribution < -0.4 is 53.1 Å². The predicted octanol–water partition coefficient (Wildman–Crippen LogP) is 2.54. The number of ketones is 1. The van der Waals surface area contributed by atoms with Crippen LogP contribution in [0.3, 0.4) is 0 Å². The molecule has 0 saturated heterocycles. The van der Waals surface area contributed by atoms with Crippen LogP contribution in [0.2, 0.25) is 0 Å². The molecule has 12 N–H and O–H groups in total. The summed E-state index contributed by atoms with van der Waals surface area (Å²) in [5.74, 6) is 12.2. The largest absolute Gasteiger partial charge is 1.00 e. The van der Waals surface area contributed by atoms with Crippen molar-refractivity contribution < 1.29 is 69.9 Å². The minimum atomic E-state index is -4.38. The second kappa shape index (κ2) is 33.2. The van der Waals surface area contributed by atoms with Crippen molar-refractivity contribution >= 4 is 98.6 Å². The van der Waals surface area contributed by atoms with Gasteiger partial charge in [0.1, 0.15) is 28.7 Å². The minimum absolute atomic E-state index is 0. The number of anilines is 2. The highest BCUT2D eigenvalue weighted by molar-refractivity contribution is 9.11. The molecule has 0 bridgehead atoms. The molecule has 0 spiro atoms. The van der Waals surface area contributed by atoms with Gasteiger partial charge in [0.15, 0.2) is 23.4 Å². The van der Waals surface area contributed by atoms with Crippen molar-refractivity contribution in [1.82, 2.24) is 39.6 Å². The van der Waals surface area contributed by atoms with Crippen molar-refractivity contribution in [1.29, 1.82) is 10.5 Å². The van der Waals surface area contributed by atoms with Crippen LogP contribution in [0.25, 0.3) is 22.2 Å². The van der Waals surface area contributed by atoms with E-state index >= 15 is 0 Å². The summed E-state index contributed by atoms with van der Waals surface area (Å²) < 4.78 is 52.4. The summed E-state index contributed by atoms with van der Waals surface area (Å²) >= 11 is 9.74. The standard InChI is InChI=1S/C22H19FN4O.C6H5BrN4.C6H6BrN3.C6H3BrN2.C4H6O3.HI.H3NO4S.H3NO/c1-14-4-9-20(23)17(11-14)13-18(28)12-15-5-7-16(8-6-15)19-3-2-10-27-21(19)22(24)25-26-27;7-4-2-1-3-11-5(4)6(8)9-10-11;7-5-2-1-3-10(9)6(5)4-8;7-5-2-1-3-9-6(5)4-8;1-3(5)7-4(2)6;;1-5-6(2,3)4;1-2/h2-11H,12-13,24H2,1H3;1-3H,8H2;1-3,6H,9H2;1-3H;1-2H3;1H;1H2,(H,2,3,4);2H,1H2/p-1. The fraction of sp³-hybridized carbons (Fsp3) is 0.136. The molecule has 6 heterocycles. The Labute approximate surface area is 464 Å². The molecule has 392 valence electrons. The number of hydrogen-bond donors (Lipinski definition) is 7. The minimum Gasteiger partial charge on any atom is -1.00 e. The van der Waals surface area contributed by atoms with Crippen LogP contribution in [-0.4, -0.2) is 81.6 Å². The highest BCUT2D eigenvalue weighted by atomic mass is 127. The fourth-order valence-electron chi connectivity index (χ4n) is 5.63. The van der Waals surface area contributed by atoms with Gasteiger partial charge in [0.25, 0.3) is 0 Å². The summed E-state index contributed by atoms with van der Waals surface area (Å²) in [6, 6.07) is 27.3. The van der Waals surface area contributed by atoms with Crippen molar-refractivity contribution in [2.45, 2.75) is 39.7 Å². The summed E-state index contributed by atoms with van der Waals surface area (Å²) in [5.41, 5.74) is 17.6. The van der Waals surface area contributed by atoms with Crippen LogP contribution in [0.4, 0.5) is 16.0 Å². The molecule has 0 fully saturated rings. The molecule has 30 heteroatoms. The molecular formula is C44H45Br3FIN15O9S-. The number of ether oxygens (including phenoxy) is 1. The Hall–Kier alpha value is -6.69. The maximum absolute atomic E-state index is 13.9. The lowest BCUT2D eigenvalue weighted by atomic mass is 9.98. The number of hydrogen-bond acceptors (Lipinski definition) is 21. The van der Waals surface area contributed by atoms with E-state index in [1.54, 1.807) is 70.2 Å². The van der Waals surface area contributed by atoms with Gasteiger partial charge in [-0.05, 0) is 104 Å². The first-order chi connectivity index (χ1) is 34.6. The van der Waals surface area contributed by atoms with Crippen LogP contribution >= 0.6 is 47.8 Å². The number of pyridine rings is 3. The summed E-state index contributed by atoms with van der Waals surface area (Å²) in [6.45, 7) is 4.25. The average Bonchev–Trinajstić information content (AvgIpc) is 3.94. The number of carbonyl (C=O) groups excluding carboxylic acids is 3. The van der Waals surface area contributed by atoms with E-state index in [0.717, 1.165) is 46.7 Å². The van der Waals surface area contributed by atoms with E-state index in [1.807, 2.05) is 67.6 Å². The number of Topliss-reactive ketones (excluding diaryl/α,β-unsaturated/α-hetero) is 1. The van der Waals surface area contributed by atoms with Gasteiger partial charge in [0.05, 0.1) is 10.5 Å². The second-order valence-corrected chi connectivity index (χ2v) is 17.6. The van der Waals surface area contributed by atoms with Gasteiger partial charge in [-0.25, -0.2) is 30.1 Å². The van der Waals surface area contributed by atoms with E-state index in [1.165, 1.54) is 24.9 Å². The van der Waals surface area contributed by atoms with E-state index < -0.39 is 22.3 Å². The smallest absolute Gasteiger partial charge is 0.413 e. The van der Waals surface area contributed by atoms with Crippen molar-refractivity contribution in [2.75, 3.05) is 11.5 Å². The zero-order valence-electron chi connectivity index (χ0n) is 38.9. The molecule has 24 nitrogen and oxygen atoms in total. The number of rotatable bonds is 6. The van der Waals surface area contributed by atoms with E-state index in [2.05, 4.69) is 94.2 Å². The number of fused-ring (bicyclic) bond motifs is 2. The topological polar surface area (TPSA) is 398 Å². The molecule has 0 aliphatic carbocycles. The predicted molar refractivity (Wildman–Crippen MR) is 275 cm³/mol. The molecular weight excluding hydrogens is 1300 g/mol. The highest BCUT2D eigenvalue weighted by Gasteiger charge is 2.17. The number of nitriles is 2. The number of aromatic nitrogens is 7. The number of allylic oxidation sites excluding steroid dienone is 2. The molecule has 74 heavy (non-hydrogen) atoms. The van der Waals surface area contributed by atoms with Crippen molar-refractivity contribution in [3.8, 4) is 23.3 Å². The zero-order chi connectivity index (χ0) is 54.8. The number of aryl methyl sites for hydroxylation is 1. The molecule has 1 aliphatic rings. The number of carbonyl (C=O) groups is 3. The van der Waals surface area contributed by atoms with Gasteiger partial charge in [0, 0.05) is 66.0 Å². The van der Waals surface area contributed by atoms with Crippen LogP contribution in [0.5, 0.6) is 0 Å². The monoisotopic (exact) mass is 1340 g/mol. The first-order valence-corrected chi connectivity index (χ1v) is 23.8. The average molecular weight is 1350 g/mol. The molecule has 0 amide bonds. The van der Waals surface area contributed by atoms with E-state index in [9.17, 15) is 27.2 Å². The lowest BCUT2D eigenvalue weighted by molar-refractivity contribution is -0.156. The quantitative estimate of drug-likeness (QED) is 0.0314. The molecule has 7 aromatic rings. The summed E-state index contributed by atoms with van der Waals surface area (Å²) in [6.07, 6.45) is 10.8. The van der Waals surface area contributed by atoms with Gasteiger partial charge >= 0.3 is 22.3 Å². The number of benzene rings is 2. The molecule has 8 rings (SSSR count). The maximum atomic E-state index is 13.9. The van der Waals surface area contributed by atoms with Gasteiger partial charge in [-0.2, -0.15) is 29.1 Å². The molecule has 1 unspecified atom stereocenters. The van der Waals surface area contributed by atoms with Gasteiger partial charge < -0.3 is 45.4 Å². The highest BCUT2D eigenvalue weighted by Crippen LogP contribution is 2.28. The van der Waals surface area contributed by atoms with Gasteiger partial charge in [-0.3, -0.25) is 23.9 Å². The molecule has 2 aromatic carbocycles. The molecule has 0 saturated carbocycles. The Morgan fingerprint density at radius 2 is 1.41 bits per heavy atom. The van der Waals surface area contributed by atoms with Crippen LogP contribution in [0.1, 0.15) is 36.2 Å². The Morgan fingerprint density at radius 3 is 1.88 bits per heavy atom. The number of esters is 2.